The molecular formula is C18H23N3O2S. The predicted octanol–water partition coefficient (Wildman–Crippen LogP) is 2.88. The second-order valence-electron chi connectivity index (χ2n) is 5.98. The van der Waals surface area contributed by atoms with Gasteiger partial charge in [-0.15, -0.1) is 11.3 Å². The molecule has 24 heavy (non-hydrogen) atoms. The first kappa shape index (κ1) is 16.8. The van der Waals surface area contributed by atoms with E-state index in [4.69, 9.17) is 4.74 Å². The van der Waals surface area contributed by atoms with Crippen molar-refractivity contribution in [3.8, 4) is 5.75 Å². The number of carbonyl (C=O) groups excluding carboxylic acids is 1. The molecular weight excluding hydrogens is 322 g/mol. The predicted molar refractivity (Wildman–Crippen MR) is 96.9 cm³/mol. The Kier molecular flexibility index (Phi) is 5.35. The maximum Gasteiger partial charge on any atom is 0.226 e. The number of piperazine rings is 1. The van der Waals surface area contributed by atoms with Gasteiger partial charge in [0, 0.05) is 37.8 Å². The molecule has 0 spiro atoms. The fourth-order valence-electron chi connectivity index (χ4n) is 2.81. The highest BCUT2D eigenvalue weighted by molar-refractivity contribution is 7.13. The summed E-state index contributed by atoms with van der Waals surface area (Å²) in [7, 11) is 0. The molecule has 3 rings (SSSR count). The number of ether oxygens (including phenoxy) is 1. The number of thiazole rings is 1. The lowest BCUT2D eigenvalue weighted by Crippen LogP contribution is -2.49. The third-order valence-corrected chi connectivity index (χ3v) is 5.28. The van der Waals surface area contributed by atoms with Gasteiger partial charge in [0.15, 0.2) is 5.13 Å². The summed E-state index contributed by atoms with van der Waals surface area (Å²) < 4.78 is 5.79. The Balaban J connectivity index is 1.44. The molecule has 6 heteroatoms. The highest BCUT2D eigenvalue weighted by Crippen LogP contribution is 2.21. The Morgan fingerprint density at radius 3 is 2.75 bits per heavy atom. The van der Waals surface area contributed by atoms with E-state index in [9.17, 15) is 4.79 Å². The van der Waals surface area contributed by atoms with Gasteiger partial charge in [0.25, 0.3) is 0 Å². The lowest BCUT2D eigenvalue weighted by molar-refractivity contribution is -0.132. The summed E-state index contributed by atoms with van der Waals surface area (Å²) in [4.78, 5) is 20.8. The standard InChI is InChI=1S/C18H23N3O2S/c1-14-4-3-5-16(15(14)2)23-12-6-17(22)20-8-10-21(11-9-20)18-19-7-13-24-18/h3-5,7,13H,6,8-12H2,1-2H3. The minimum absolute atomic E-state index is 0.166. The van der Waals surface area contributed by atoms with Crippen molar-refractivity contribution in [2.75, 3.05) is 37.7 Å². The van der Waals surface area contributed by atoms with Gasteiger partial charge in [-0.3, -0.25) is 4.79 Å². The largest absolute Gasteiger partial charge is 0.493 e. The molecule has 1 aliphatic heterocycles. The molecule has 0 atom stereocenters. The van der Waals surface area contributed by atoms with Crippen LogP contribution in [0.1, 0.15) is 17.5 Å². The third kappa shape index (κ3) is 3.87. The topological polar surface area (TPSA) is 45.7 Å². The van der Waals surface area contributed by atoms with Crippen molar-refractivity contribution in [1.29, 1.82) is 0 Å². The summed E-state index contributed by atoms with van der Waals surface area (Å²) in [6.45, 7) is 7.73. The van der Waals surface area contributed by atoms with Gasteiger partial charge >= 0.3 is 0 Å². The van der Waals surface area contributed by atoms with Crippen molar-refractivity contribution < 1.29 is 9.53 Å². The van der Waals surface area contributed by atoms with E-state index >= 15 is 0 Å². The zero-order valence-corrected chi connectivity index (χ0v) is 15.0. The Bertz CT molecular complexity index is 680. The molecule has 2 heterocycles. The average Bonchev–Trinajstić information content (AvgIpc) is 3.13. The van der Waals surface area contributed by atoms with E-state index in [1.807, 2.05) is 35.5 Å². The monoisotopic (exact) mass is 345 g/mol. The first-order valence-corrected chi connectivity index (χ1v) is 9.14. The fourth-order valence-corrected chi connectivity index (χ4v) is 3.50. The number of amides is 1. The summed E-state index contributed by atoms with van der Waals surface area (Å²) >= 11 is 1.64. The molecule has 2 aromatic rings. The average molecular weight is 345 g/mol. The SMILES string of the molecule is Cc1cccc(OCCC(=O)N2CCN(c3nccs3)CC2)c1C. The van der Waals surface area contributed by atoms with Gasteiger partial charge in [-0.25, -0.2) is 4.98 Å². The molecule has 0 saturated carbocycles. The first-order valence-electron chi connectivity index (χ1n) is 8.26. The number of benzene rings is 1. The minimum atomic E-state index is 0.166. The van der Waals surface area contributed by atoms with Gasteiger partial charge in [0.05, 0.1) is 13.0 Å². The molecule has 1 amide bonds. The van der Waals surface area contributed by atoms with Crippen LogP contribution < -0.4 is 9.64 Å². The molecule has 1 aromatic carbocycles. The second-order valence-corrected chi connectivity index (χ2v) is 6.85. The number of hydrogen-bond acceptors (Lipinski definition) is 5. The third-order valence-electron chi connectivity index (χ3n) is 4.45. The van der Waals surface area contributed by atoms with Crippen molar-refractivity contribution in [3.63, 3.8) is 0 Å². The number of anilines is 1. The Labute approximate surface area is 146 Å². The van der Waals surface area contributed by atoms with Gasteiger partial charge < -0.3 is 14.5 Å². The van der Waals surface area contributed by atoms with Gasteiger partial charge in [-0.1, -0.05) is 12.1 Å². The van der Waals surface area contributed by atoms with Crippen LogP contribution in [-0.4, -0.2) is 48.6 Å². The lowest BCUT2D eigenvalue weighted by atomic mass is 10.1. The molecule has 0 radical (unpaired) electrons. The maximum atomic E-state index is 12.3. The fraction of sp³-hybridized carbons (Fsp3) is 0.444. The van der Waals surface area contributed by atoms with E-state index in [1.165, 1.54) is 5.56 Å². The van der Waals surface area contributed by atoms with Crippen molar-refractivity contribution in [1.82, 2.24) is 9.88 Å². The van der Waals surface area contributed by atoms with Crippen LogP contribution in [0.15, 0.2) is 29.8 Å². The van der Waals surface area contributed by atoms with Gasteiger partial charge in [0.2, 0.25) is 5.91 Å². The van der Waals surface area contributed by atoms with E-state index < -0.39 is 0 Å². The number of aryl methyl sites for hydroxylation is 1. The van der Waals surface area contributed by atoms with Crippen LogP contribution in [0.2, 0.25) is 0 Å². The summed E-state index contributed by atoms with van der Waals surface area (Å²) in [5, 5.41) is 3.03. The van der Waals surface area contributed by atoms with E-state index in [2.05, 4.69) is 22.9 Å². The van der Waals surface area contributed by atoms with Gasteiger partial charge in [-0.2, -0.15) is 0 Å². The van der Waals surface area contributed by atoms with Crippen LogP contribution in [0.4, 0.5) is 5.13 Å². The van der Waals surface area contributed by atoms with E-state index in [0.29, 0.717) is 13.0 Å². The van der Waals surface area contributed by atoms with Crippen molar-refractivity contribution in [3.05, 3.63) is 40.9 Å². The van der Waals surface area contributed by atoms with Crippen LogP contribution in [0.3, 0.4) is 0 Å². The van der Waals surface area contributed by atoms with Crippen LogP contribution in [-0.2, 0) is 4.79 Å². The van der Waals surface area contributed by atoms with E-state index in [-0.39, 0.29) is 5.91 Å². The Morgan fingerprint density at radius 1 is 1.25 bits per heavy atom. The number of nitrogens with zero attached hydrogens (tertiary/aromatic N) is 3. The highest BCUT2D eigenvalue weighted by Gasteiger charge is 2.22. The zero-order valence-electron chi connectivity index (χ0n) is 14.2. The molecule has 1 aromatic heterocycles. The lowest BCUT2D eigenvalue weighted by Gasteiger charge is -2.34. The van der Waals surface area contributed by atoms with Crippen molar-refractivity contribution in [2.24, 2.45) is 0 Å². The summed E-state index contributed by atoms with van der Waals surface area (Å²) in [5.41, 5.74) is 2.35. The van der Waals surface area contributed by atoms with Crippen LogP contribution in [0, 0.1) is 13.8 Å². The van der Waals surface area contributed by atoms with Crippen LogP contribution in [0.25, 0.3) is 0 Å². The molecule has 1 fully saturated rings. The van der Waals surface area contributed by atoms with E-state index in [1.54, 1.807) is 11.3 Å². The number of aromatic nitrogens is 1. The molecule has 1 saturated heterocycles. The molecule has 5 nitrogen and oxygen atoms in total. The quantitative estimate of drug-likeness (QED) is 0.836. The van der Waals surface area contributed by atoms with E-state index in [0.717, 1.165) is 42.6 Å². The summed E-state index contributed by atoms with van der Waals surface area (Å²) in [5.74, 6) is 1.04. The van der Waals surface area contributed by atoms with Crippen molar-refractivity contribution in [2.45, 2.75) is 20.3 Å². The van der Waals surface area contributed by atoms with Crippen LogP contribution >= 0.6 is 11.3 Å². The molecule has 0 aliphatic carbocycles. The summed E-state index contributed by atoms with van der Waals surface area (Å²) in [6, 6.07) is 6.01. The normalized spacial score (nSPS) is 14.8. The number of rotatable bonds is 5. The van der Waals surface area contributed by atoms with Crippen molar-refractivity contribution >= 4 is 22.4 Å². The molecule has 1 aliphatic rings. The molecule has 0 bridgehead atoms. The molecule has 0 unspecified atom stereocenters. The number of carbonyl (C=O) groups is 1. The first-order chi connectivity index (χ1) is 11.6. The smallest absolute Gasteiger partial charge is 0.226 e. The van der Waals surface area contributed by atoms with Gasteiger partial charge in [0.1, 0.15) is 5.75 Å². The molecule has 128 valence electrons. The van der Waals surface area contributed by atoms with Gasteiger partial charge in [-0.05, 0) is 31.0 Å². The Morgan fingerprint density at radius 2 is 2.04 bits per heavy atom. The summed E-state index contributed by atoms with van der Waals surface area (Å²) in [6.07, 6.45) is 2.24. The second kappa shape index (κ2) is 7.66. The zero-order chi connectivity index (χ0) is 16.9. The highest BCUT2D eigenvalue weighted by atomic mass is 32.1. The molecule has 0 N–H and O–H groups in total. The minimum Gasteiger partial charge on any atom is -0.493 e. The maximum absolute atomic E-state index is 12.3. The number of hydrogen-bond donors (Lipinski definition) is 0. The van der Waals surface area contributed by atoms with Crippen LogP contribution in [0.5, 0.6) is 5.75 Å². The Hall–Kier alpha value is -2.08.